The van der Waals surface area contributed by atoms with Crippen LogP contribution in [0.4, 0.5) is 5.69 Å². The Morgan fingerprint density at radius 2 is 2.11 bits per heavy atom. The molecule has 0 aliphatic carbocycles. The Hall–Kier alpha value is -1.60. The highest BCUT2D eigenvalue weighted by Gasteiger charge is 2.15. The Labute approximate surface area is 106 Å². The molecule has 0 aromatic heterocycles. The van der Waals surface area contributed by atoms with E-state index in [9.17, 15) is 13.2 Å². The minimum Gasteiger partial charge on any atom is -0.396 e. The number of nitrogens with two attached hydrogens (primary N) is 1. The third kappa shape index (κ3) is 4.01. The largest absolute Gasteiger partial charge is 0.396 e. The van der Waals surface area contributed by atoms with Crippen LogP contribution in [0, 0.1) is 0 Å². The SMILES string of the molecule is CS(=O)(=O)Nc1c(CCCO)cccc1C(N)=O. The second-order valence-electron chi connectivity index (χ2n) is 3.91. The Balaban J connectivity index is 3.25. The molecular formula is C11H16N2O4S. The molecule has 0 heterocycles. The van der Waals surface area contributed by atoms with Gasteiger partial charge >= 0.3 is 0 Å². The molecule has 1 rings (SSSR count). The van der Waals surface area contributed by atoms with E-state index in [-0.39, 0.29) is 17.9 Å². The molecule has 0 saturated heterocycles. The van der Waals surface area contributed by atoms with Gasteiger partial charge < -0.3 is 10.8 Å². The number of aliphatic hydroxyl groups is 1. The summed E-state index contributed by atoms with van der Waals surface area (Å²) in [4.78, 5) is 11.3. The first-order valence-electron chi connectivity index (χ1n) is 5.35. The zero-order valence-electron chi connectivity index (χ0n) is 10.0. The van der Waals surface area contributed by atoms with Crippen LogP contribution in [-0.4, -0.2) is 32.3 Å². The molecule has 100 valence electrons. The average molecular weight is 272 g/mol. The van der Waals surface area contributed by atoms with Crippen LogP contribution in [0.3, 0.4) is 0 Å². The highest BCUT2D eigenvalue weighted by atomic mass is 32.2. The van der Waals surface area contributed by atoms with Crippen LogP contribution in [0.2, 0.25) is 0 Å². The molecule has 1 aromatic rings. The lowest BCUT2D eigenvalue weighted by Gasteiger charge is -2.13. The van der Waals surface area contributed by atoms with Crippen LogP contribution >= 0.6 is 0 Å². The van der Waals surface area contributed by atoms with Crippen molar-refractivity contribution in [1.29, 1.82) is 0 Å². The Morgan fingerprint density at radius 1 is 1.44 bits per heavy atom. The van der Waals surface area contributed by atoms with Crippen molar-refractivity contribution >= 4 is 21.6 Å². The molecule has 0 fully saturated rings. The van der Waals surface area contributed by atoms with Crippen LogP contribution in [0.1, 0.15) is 22.3 Å². The van der Waals surface area contributed by atoms with Crippen molar-refractivity contribution in [3.8, 4) is 0 Å². The number of benzene rings is 1. The molecule has 0 unspecified atom stereocenters. The lowest BCUT2D eigenvalue weighted by atomic mass is 10.0. The molecule has 0 aliphatic heterocycles. The summed E-state index contributed by atoms with van der Waals surface area (Å²) >= 11 is 0. The lowest BCUT2D eigenvalue weighted by Crippen LogP contribution is -2.19. The topological polar surface area (TPSA) is 109 Å². The van der Waals surface area contributed by atoms with Crippen molar-refractivity contribution in [2.75, 3.05) is 17.6 Å². The van der Waals surface area contributed by atoms with Crippen LogP contribution in [-0.2, 0) is 16.4 Å². The van der Waals surface area contributed by atoms with Crippen molar-refractivity contribution < 1.29 is 18.3 Å². The van der Waals surface area contributed by atoms with E-state index in [0.29, 0.717) is 18.4 Å². The van der Waals surface area contributed by atoms with E-state index in [4.69, 9.17) is 10.8 Å². The standard InChI is InChI=1S/C11H16N2O4S/c1-18(16,17)13-10-8(5-3-7-14)4-2-6-9(10)11(12)15/h2,4,6,13-14H,3,5,7H2,1H3,(H2,12,15). The number of hydrogen-bond acceptors (Lipinski definition) is 4. The van der Waals surface area contributed by atoms with Crippen molar-refractivity contribution in [3.05, 3.63) is 29.3 Å². The van der Waals surface area contributed by atoms with Crippen molar-refractivity contribution in [2.45, 2.75) is 12.8 Å². The molecule has 1 aromatic carbocycles. The van der Waals surface area contributed by atoms with Gasteiger partial charge in [0.1, 0.15) is 0 Å². The fraction of sp³-hybridized carbons (Fsp3) is 0.364. The van der Waals surface area contributed by atoms with E-state index in [1.54, 1.807) is 12.1 Å². The summed E-state index contributed by atoms with van der Waals surface area (Å²) in [7, 11) is -3.50. The summed E-state index contributed by atoms with van der Waals surface area (Å²) in [6.45, 7) is -0.0148. The number of primary amides is 1. The molecular weight excluding hydrogens is 256 g/mol. The van der Waals surface area contributed by atoms with Crippen molar-refractivity contribution in [1.82, 2.24) is 0 Å². The molecule has 6 nitrogen and oxygen atoms in total. The molecule has 0 bridgehead atoms. The molecule has 18 heavy (non-hydrogen) atoms. The van der Waals surface area contributed by atoms with Gasteiger partial charge in [-0.1, -0.05) is 12.1 Å². The highest BCUT2D eigenvalue weighted by Crippen LogP contribution is 2.23. The van der Waals surface area contributed by atoms with E-state index in [0.717, 1.165) is 6.26 Å². The summed E-state index contributed by atoms with van der Waals surface area (Å²) in [5.74, 6) is -0.702. The number of nitrogens with one attached hydrogen (secondary N) is 1. The van der Waals surface area contributed by atoms with E-state index in [1.165, 1.54) is 6.07 Å². The monoisotopic (exact) mass is 272 g/mol. The van der Waals surface area contributed by atoms with Crippen LogP contribution in [0.15, 0.2) is 18.2 Å². The maximum absolute atomic E-state index is 11.3. The van der Waals surface area contributed by atoms with Gasteiger partial charge in [-0.15, -0.1) is 0 Å². The molecule has 0 aliphatic rings. The third-order valence-corrected chi connectivity index (χ3v) is 2.88. The summed E-state index contributed by atoms with van der Waals surface area (Å²) in [5, 5.41) is 8.80. The number of para-hydroxylation sites is 1. The number of carbonyl (C=O) groups is 1. The predicted octanol–water partition coefficient (Wildman–Crippen LogP) is 0.0819. The quantitative estimate of drug-likeness (QED) is 0.681. The van der Waals surface area contributed by atoms with E-state index < -0.39 is 15.9 Å². The zero-order valence-corrected chi connectivity index (χ0v) is 10.8. The average Bonchev–Trinajstić information content (AvgIpc) is 2.25. The fourth-order valence-corrected chi connectivity index (χ4v) is 2.20. The van der Waals surface area contributed by atoms with Crippen molar-refractivity contribution in [3.63, 3.8) is 0 Å². The number of aryl methyl sites for hydroxylation is 1. The maximum atomic E-state index is 11.3. The van der Waals surface area contributed by atoms with Gasteiger partial charge in [0.25, 0.3) is 5.91 Å². The fourth-order valence-electron chi connectivity index (χ4n) is 1.59. The Bertz CT molecular complexity index is 540. The number of aliphatic hydroxyl groups excluding tert-OH is 1. The molecule has 4 N–H and O–H groups in total. The zero-order chi connectivity index (χ0) is 13.8. The summed E-state index contributed by atoms with van der Waals surface area (Å²) in [6.07, 6.45) is 1.93. The first-order valence-corrected chi connectivity index (χ1v) is 7.24. The summed E-state index contributed by atoms with van der Waals surface area (Å²) in [6, 6.07) is 4.77. The predicted molar refractivity (Wildman–Crippen MR) is 68.8 cm³/mol. The van der Waals surface area contributed by atoms with Gasteiger partial charge in [0, 0.05) is 6.61 Å². The van der Waals surface area contributed by atoms with E-state index in [1.807, 2.05) is 0 Å². The Morgan fingerprint density at radius 3 is 2.61 bits per heavy atom. The number of anilines is 1. The second kappa shape index (κ2) is 5.83. The summed E-state index contributed by atoms with van der Waals surface area (Å²) < 4.78 is 24.9. The first kappa shape index (κ1) is 14.5. The number of sulfonamides is 1. The molecule has 7 heteroatoms. The van der Waals surface area contributed by atoms with E-state index >= 15 is 0 Å². The molecule has 0 radical (unpaired) electrons. The van der Waals surface area contributed by atoms with Crippen LogP contribution < -0.4 is 10.5 Å². The van der Waals surface area contributed by atoms with Gasteiger partial charge in [-0.05, 0) is 24.5 Å². The van der Waals surface area contributed by atoms with Gasteiger partial charge in [0.05, 0.1) is 17.5 Å². The first-order chi connectivity index (χ1) is 8.35. The number of rotatable bonds is 6. The molecule has 0 spiro atoms. The lowest BCUT2D eigenvalue weighted by molar-refractivity contribution is 0.100. The number of hydrogen-bond donors (Lipinski definition) is 3. The summed E-state index contributed by atoms with van der Waals surface area (Å²) in [5.41, 5.74) is 6.15. The normalized spacial score (nSPS) is 11.2. The minimum absolute atomic E-state index is 0.0148. The maximum Gasteiger partial charge on any atom is 0.250 e. The van der Waals surface area contributed by atoms with Gasteiger partial charge in [-0.3, -0.25) is 9.52 Å². The van der Waals surface area contributed by atoms with Gasteiger partial charge in [-0.2, -0.15) is 0 Å². The van der Waals surface area contributed by atoms with Crippen LogP contribution in [0.25, 0.3) is 0 Å². The smallest absolute Gasteiger partial charge is 0.250 e. The van der Waals surface area contributed by atoms with Gasteiger partial charge in [0.15, 0.2) is 0 Å². The number of amides is 1. The minimum atomic E-state index is -3.50. The highest BCUT2D eigenvalue weighted by molar-refractivity contribution is 7.92. The van der Waals surface area contributed by atoms with Crippen LogP contribution in [0.5, 0.6) is 0 Å². The molecule has 0 atom stereocenters. The molecule has 0 saturated carbocycles. The van der Waals surface area contributed by atoms with E-state index in [2.05, 4.69) is 4.72 Å². The van der Waals surface area contributed by atoms with Crippen molar-refractivity contribution in [2.24, 2.45) is 5.73 Å². The second-order valence-corrected chi connectivity index (χ2v) is 5.65. The number of carbonyl (C=O) groups excluding carboxylic acids is 1. The van der Waals surface area contributed by atoms with Gasteiger partial charge in [-0.25, -0.2) is 8.42 Å². The van der Waals surface area contributed by atoms with Gasteiger partial charge in [0.2, 0.25) is 10.0 Å². The Kier molecular flexibility index (Phi) is 4.69. The third-order valence-electron chi connectivity index (χ3n) is 2.31. The molecule has 1 amide bonds.